The SMILES string of the molecule is CC(C)CCCCCC(C)C(C)C. The maximum Gasteiger partial charge on any atom is -0.0420 e. The highest BCUT2D eigenvalue weighted by Crippen LogP contribution is 2.18. The highest BCUT2D eigenvalue weighted by Gasteiger charge is 2.05. The molecular weight excluding hydrogens is 156 g/mol. The van der Waals surface area contributed by atoms with Gasteiger partial charge in [-0.15, -0.1) is 0 Å². The van der Waals surface area contributed by atoms with Crippen molar-refractivity contribution in [2.75, 3.05) is 0 Å². The molecule has 0 N–H and O–H groups in total. The molecule has 0 spiro atoms. The highest BCUT2D eigenvalue weighted by atomic mass is 14.1. The van der Waals surface area contributed by atoms with E-state index in [9.17, 15) is 0 Å². The largest absolute Gasteiger partial charge is 0.0628 e. The Labute approximate surface area is 85.1 Å². The molecule has 0 amide bonds. The lowest BCUT2D eigenvalue weighted by Gasteiger charge is -2.14. The van der Waals surface area contributed by atoms with Crippen LogP contribution in [0.2, 0.25) is 0 Å². The fraction of sp³-hybridized carbons (Fsp3) is 1.00. The molecule has 0 bridgehead atoms. The summed E-state index contributed by atoms with van der Waals surface area (Å²) in [5.74, 6) is 2.67. The standard InChI is InChI=1S/C13H28/c1-11(2)9-7-6-8-10-13(5)12(3)4/h11-13H,6-10H2,1-5H3. The molecule has 0 radical (unpaired) electrons. The third-order valence-corrected chi connectivity index (χ3v) is 3.08. The maximum atomic E-state index is 2.38. The fourth-order valence-corrected chi connectivity index (χ4v) is 1.53. The second-order valence-corrected chi connectivity index (χ2v) is 5.25. The van der Waals surface area contributed by atoms with E-state index < -0.39 is 0 Å². The number of hydrogen-bond acceptors (Lipinski definition) is 0. The Kier molecular flexibility index (Phi) is 7.41. The molecule has 0 aromatic heterocycles. The molecule has 0 aliphatic heterocycles. The van der Waals surface area contributed by atoms with Crippen LogP contribution in [-0.2, 0) is 0 Å². The molecule has 0 aliphatic rings. The third kappa shape index (κ3) is 8.33. The highest BCUT2D eigenvalue weighted by molar-refractivity contribution is 4.57. The van der Waals surface area contributed by atoms with Gasteiger partial charge in [0.1, 0.15) is 0 Å². The van der Waals surface area contributed by atoms with Crippen LogP contribution in [0.5, 0.6) is 0 Å². The van der Waals surface area contributed by atoms with Crippen molar-refractivity contribution in [3.8, 4) is 0 Å². The summed E-state index contributed by atoms with van der Waals surface area (Å²) in [6.07, 6.45) is 7.15. The minimum absolute atomic E-state index is 0.866. The average Bonchev–Trinajstić information content (AvgIpc) is 2.02. The molecule has 0 heteroatoms. The molecule has 0 rings (SSSR count). The predicted molar refractivity (Wildman–Crippen MR) is 61.9 cm³/mol. The van der Waals surface area contributed by atoms with Gasteiger partial charge < -0.3 is 0 Å². The van der Waals surface area contributed by atoms with E-state index in [-0.39, 0.29) is 0 Å². The zero-order valence-electron chi connectivity index (χ0n) is 10.3. The molecule has 0 aliphatic carbocycles. The van der Waals surface area contributed by atoms with Gasteiger partial charge in [-0.25, -0.2) is 0 Å². The van der Waals surface area contributed by atoms with Crippen LogP contribution in [0.25, 0.3) is 0 Å². The van der Waals surface area contributed by atoms with Crippen LogP contribution >= 0.6 is 0 Å². The Morgan fingerprint density at radius 1 is 0.692 bits per heavy atom. The summed E-state index contributed by atoms with van der Waals surface area (Å²) in [4.78, 5) is 0. The summed E-state index contributed by atoms with van der Waals surface area (Å²) in [7, 11) is 0. The van der Waals surface area contributed by atoms with E-state index in [0.717, 1.165) is 17.8 Å². The average molecular weight is 184 g/mol. The first kappa shape index (κ1) is 13.0. The fourth-order valence-electron chi connectivity index (χ4n) is 1.53. The van der Waals surface area contributed by atoms with Crippen molar-refractivity contribution in [2.24, 2.45) is 17.8 Å². The van der Waals surface area contributed by atoms with E-state index >= 15 is 0 Å². The van der Waals surface area contributed by atoms with Gasteiger partial charge in [-0.05, 0) is 17.8 Å². The van der Waals surface area contributed by atoms with E-state index in [4.69, 9.17) is 0 Å². The Morgan fingerprint density at radius 3 is 1.69 bits per heavy atom. The van der Waals surface area contributed by atoms with E-state index in [1.807, 2.05) is 0 Å². The van der Waals surface area contributed by atoms with Gasteiger partial charge >= 0.3 is 0 Å². The minimum Gasteiger partial charge on any atom is -0.0628 e. The lowest BCUT2D eigenvalue weighted by molar-refractivity contribution is 0.372. The molecule has 13 heavy (non-hydrogen) atoms. The van der Waals surface area contributed by atoms with E-state index in [2.05, 4.69) is 34.6 Å². The molecule has 0 aromatic carbocycles. The number of unbranched alkanes of at least 4 members (excludes halogenated alkanes) is 2. The van der Waals surface area contributed by atoms with Gasteiger partial charge in [0.15, 0.2) is 0 Å². The molecule has 0 aromatic rings. The van der Waals surface area contributed by atoms with Gasteiger partial charge in [0.25, 0.3) is 0 Å². The van der Waals surface area contributed by atoms with Gasteiger partial charge in [0, 0.05) is 0 Å². The first-order valence-electron chi connectivity index (χ1n) is 6.04. The second kappa shape index (κ2) is 7.41. The molecule has 0 fully saturated rings. The molecule has 0 nitrogen and oxygen atoms in total. The van der Waals surface area contributed by atoms with Crippen molar-refractivity contribution in [1.82, 2.24) is 0 Å². The maximum absolute atomic E-state index is 2.38. The van der Waals surface area contributed by atoms with Crippen LogP contribution in [-0.4, -0.2) is 0 Å². The summed E-state index contributed by atoms with van der Waals surface area (Å²) in [6.45, 7) is 11.7. The van der Waals surface area contributed by atoms with Gasteiger partial charge in [-0.1, -0.05) is 66.7 Å². The first-order chi connectivity index (χ1) is 6.04. The molecule has 80 valence electrons. The normalized spacial score (nSPS) is 14.1. The van der Waals surface area contributed by atoms with Crippen molar-refractivity contribution in [2.45, 2.75) is 66.7 Å². The van der Waals surface area contributed by atoms with Crippen molar-refractivity contribution in [3.05, 3.63) is 0 Å². The van der Waals surface area contributed by atoms with Crippen LogP contribution in [0.4, 0.5) is 0 Å². The first-order valence-corrected chi connectivity index (χ1v) is 6.04. The predicted octanol–water partition coefficient (Wildman–Crippen LogP) is 4.89. The Morgan fingerprint density at radius 2 is 1.23 bits per heavy atom. The smallest absolute Gasteiger partial charge is 0.0420 e. The Bertz CT molecular complexity index is 103. The van der Waals surface area contributed by atoms with Gasteiger partial charge in [-0.2, -0.15) is 0 Å². The second-order valence-electron chi connectivity index (χ2n) is 5.25. The lowest BCUT2D eigenvalue weighted by Crippen LogP contribution is -2.03. The monoisotopic (exact) mass is 184 g/mol. The molecule has 0 saturated heterocycles. The van der Waals surface area contributed by atoms with Crippen molar-refractivity contribution < 1.29 is 0 Å². The summed E-state index contributed by atoms with van der Waals surface area (Å²) < 4.78 is 0. The molecule has 1 unspecified atom stereocenters. The molecule has 1 atom stereocenters. The Balaban J connectivity index is 3.16. The Hall–Kier alpha value is 0. The van der Waals surface area contributed by atoms with Crippen molar-refractivity contribution >= 4 is 0 Å². The summed E-state index contributed by atoms with van der Waals surface area (Å²) in [5.41, 5.74) is 0. The van der Waals surface area contributed by atoms with Gasteiger partial charge in [0.05, 0.1) is 0 Å². The lowest BCUT2D eigenvalue weighted by atomic mass is 9.92. The van der Waals surface area contributed by atoms with Crippen LogP contribution < -0.4 is 0 Å². The van der Waals surface area contributed by atoms with Crippen LogP contribution in [0.1, 0.15) is 66.7 Å². The van der Waals surface area contributed by atoms with Gasteiger partial charge in [-0.3, -0.25) is 0 Å². The van der Waals surface area contributed by atoms with E-state index in [1.165, 1.54) is 32.1 Å². The van der Waals surface area contributed by atoms with Gasteiger partial charge in [0.2, 0.25) is 0 Å². The third-order valence-electron chi connectivity index (χ3n) is 3.08. The molecule has 0 saturated carbocycles. The van der Waals surface area contributed by atoms with Crippen molar-refractivity contribution in [1.29, 1.82) is 0 Å². The van der Waals surface area contributed by atoms with Crippen LogP contribution in [0.15, 0.2) is 0 Å². The zero-order chi connectivity index (χ0) is 10.3. The molecule has 0 heterocycles. The summed E-state index contributed by atoms with van der Waals surface area (Å²) in [5, 5.41) is 0. The van der Waals surface area contributed by atoms with Crippen LogP contribution in [0, 0.1) is 17.8 Å². The number of hydrogen-bond donors (Lipinski definition) is 0. The molecular formula is C13H28. The summed E-state index contributed by atoms with van der Waals surface area (Å²) >= 11 is 0. The minimum atomic E-state index is 0.866. The van der Waals surface area contributed by atoms with Crippen molar-refractivity contribution in [3.63, 3.8) is 0 Å². The van der Waals surface area contributed by atoms with E-state index in [0.29, 0.717) is 0 Å². The summed E-state index contributed by atoms with van der Waals surface area (Å²) in [6, 6.07) is 0. The topological polar surface area (TPSA) is 0 Å². The number of rotatable bonds is 7. The van der Waals surface area contributed by atoms with E-state index in [1.54, 1.807) is 0 Å². The van der Waals surface area contributed by atoms with Crippen LogP contribution in [0.3, 0.4) is 0 Å². The quantitative estimate of drug-likeness (QED) is 0.494. The zero-order valence-corrected chi connectivity index (χ0v) is 10.3.